The highest BCUT2D eigenvalue weighted by atomic mass is 14.9. The Morgan fingerprint density at radius 2 is 1.86 bits per heavy atom. The number of hydrogen-bond donors (Lipinski definition) is 1. The fourth-order valence-electron chi connectivity index (χ4n) is 4.00. The van der Waals surface area contributed by atoms with Crippen LogP contribution in [-0.2, 0) is 0 Å². The lowest BCUT2D eigenvalue weighted by Gasteiger charge is -2.38. The van der Waals surface area contributed by atoms with Gasteiger partial charge in [-0.15, -0.1) is 0 Å². The van der Waals surface area contributed by atoms with E-state index in [0.717, 1.165) is 6.42 Å². The molecule has 1 spiro atoms. The molecule has 1 aliphatic carbocycles. The van der Waals surface area contributed by atoms with Gasteiger partial charge in [-0.25, -0.2) is 0 Å². The summed E-state index contributed by atoms with van der Waals surface area (Å²) in [4.78, 5) is 0. The highest BCUT2D eigenvalue weighted by Gasteiger charge is 2.36. The van der Waals surface area contributed by atoms with Crippen LogP contribution in [0.3, 0.4) is 0 Å². The molecule has 0 saturated carbocycles. The molecule has 22 heavy (non-hydrogen) atoms. The molecule has 1 N–H and O–H groups in total. The quantitative estimate of drug-likeness (QED) is 0.692. The molecule has 1 aliphatic heterocycles. The molecule has 2 rings (SSSR count). The molecule has 1 saturated heterocycles. The summed E-state index contributed by atoms with van der Waals surface area (Å²) in [7, 11) is 0. The highest BCUT2D eigenvalue weighted by molar-refractivity contribution is 5.44. The molecule has 1 heteroatoms. The number of nitrogens with one attached hydrogen (secondary N) is 1. The topological polar surface area (TPSA) is 12.0 Å². The van der Waals surface area contributed by atoms with Crippen molar-refractivity contribution in [3.63, 3.8) is 0 Å². The van der Waals surface area contributed by atoms with Crippen LogP contribution in [-0.4, -0.2) is 13.1 Å². The Morgan fingerprint density at radius 3 is 2.45 bits per heavy atom. The Balaban J connectivity index is 2.26. The van der Waals surface area contributed by atoms with Gasteiger partial charge in [0.05, 0.1) is 0 Å². The van der Waals surface area contributed by atoms with Gasteiger partial charge in [-0.05, 0) is 80.5 Å². The average Bonchev–Trinajstić information content (AvgIpc) is 2.60. The summed E-state index contributed by atoms with van der Waals surface area (Å²) >= 11 is 0. The molecule has 0 amide bonds. The van der Waals surface area contributed by atoms with Crippen molar-refractivity contribution in [3.8, 4) is 0 Å². The van der Waals surface area contributed by atoms with Crippen molar-refractivity contribution in [1.29, 1.82) is 0 Å². The molecule has 0 radical (unpaired) electrons. The standard InChI is InChI=1S/C21H35N/c1-7-20(5,6)14-17(3)19-15-21(10-12-22-13-11-21)9-8-16(2)18(19)4/h22H,2-3,7-15H2,1,4-6H3. The Kier molecular flexibility index (Phi) is 5.37. The van der Waals surface area contributed by atoms with Crippen LogP contribution >= 0.6 is 0 Å². The predicted octanol–water partition coefficient (Wildman–Crippen LogP) is 5.80. The maximum Gasteiger partial charge on any atom is -0.00435 e. The first kappa shape index (κ1) is 17.5. The van der Waals surface area contributed by atoms with Gasteiger partial charge in [-0.2, -0.15) is 0 Å². The molecule has 1 fully saturated rings. The smallest absolute Gasteiger partial charge is 0.00435 e. The third kappa shape index (κ3) is 3.93. The van der Waals surface area contributed by atoms with E-state index in [2.05, 4.69) is 46.2 Å². The molecule has 0 aromatic rings. The van der Waals surface area contributed by atoms with E-state index < -0.39 is 0 Å². The molecule has 0 bridgehead atoms. The lowest BCUT2D eigenvalue weighted by atomic mass is 9.70. The zero-order valence-electron chi connectivity index (χ0n) is 15.3. The van der Waals surface area contributed by atoms with E-state index in [1.54, 1.807) is 0 Å². The second-order valence-corrected chi connectivity index (χ2v) is 8.43. The monoisotopic (exact) mass is 301 g/mol. The molecular formula is C21H35N. The van der Waals surface area contributed by atoms with Gasteiger partial charge in [-0.1, -0.05) is 51.5 Å². The number of rotatable bonds is 4. The summed E-state index contributed by atoms with van der Waals surface area (Å²) in [5.41, 5.74) is 6.52. The van der Waals surface area contributed by atoms with Crippen LogP contribution in [0.5, 0.6) is 0 Å². The van der Waals surface area contributed by atoms with Crippen LogP contribution in [0.25, 0.3) is 0 Å². The Labute approximate surface area is 138 Å². The second kappa shape index (κ2) is 6.74. The lowest BCUT2D eigenvalue weighted by molar-refractivity contribution is 0.186. The van der Waals surface area contributed by atoms with Crippen LogP contribution in [0.1, 0.15) is 72.6 Å². The fraction of sp³-hybridized carbons (Fsp3) is 0.714. The molecule has 0 aromatic heterocycles. The Bertz CT molecular complexity index is 472. The number of allylic oxidation sites excluding steroid dienone is 4. The van der Waals surface area contributed by atoms with Crippen LogP contribution in [0.4, 0.5) is 0 Å². The first-order valence-corrected chi connectivity index (χ1v) is 9.05. The summed E-state index contributed by atoms with van der Waals surface area (Å²) in [6.45, 7) is 20.5. The van der Waals surface area contributed by atoms with Gasteiger partial charge >= 0.3 is 0 Å². The van der Waals surface area contributed by atoms with E-state index in [1.807, 2.05) is 0 Å². The third-order valence-electron chi connectivity index (χ3n) is 6.23. The Morgan fingerprint density at radius 1 is 1.23 bits per heavy atom. The lowest BCUT2D eigenvalue weighted by Crippen LogP contribution is -2.36. The summed E-state index contributed by atoms with van der Waals surface area (Å²) in [5.74, 6) is 0. The van der Waals surface area contributed by atoms with Gasteiger partial charge in [-0.3, -0.25) is 0 Å². The summed E-state index contributed by atoms with van der Waals surface area (Å²) in [5, 5.41) is 3.53. The third-order valence-corrected chi connectivity index (χ3v) is 6.23. The first-order chi connectivity index (χ1) is 10.3. The van der Waals surface area contributed by atoms with E-state index in [1.165, 1.54) is 73.9 Å². The maximum absolute atomic E-state index is 4.50. The van der Waals surface area contributed by atoms with Crippen molar-refractivity contribution in [2.24, 2.45) is 10.8 Å². The van der Waals surface area contributed by atoms with Crippen molar-refractivity contribution >= 4 is 0 Å². The van der Waals surface area contributed by atoms with E-state index in [9.17, 15) is 0 Å². The van der Waals surface area contributed by atoms with Gasteiger partial charge < -0.3 is 5.32 Å². The minimum absolute atomic E-state index is 0.347. The molecule has 1 nitrogen and oxygen atoms in total. The normalized spacial score (nSPS) is 22.8. The molecule has 1 heterocycles. The Hall–Kier alpha value is -0.820. The minimum atomic E-state index is 0.347. The summed E-state index contributed by atoms with van der Waals surface area (Å²) in [6, 6.07) is 0. The van der Waals surface area contributed by atoms with Crippen LogP contribution in [0, 0.1) is 10.8 Å². The maximum atomic E-state index is 4.50. The fourth-order valence-corrected chi connectivity index (χ4v) is 4.00. The van der Waals surface area contributed by atoms with E-state index >= 15 is 0 Å². The van der Waals surface area contributed by atoms with Crippen molar-refractivity contribution in [2.45, 2.75) is 72.6 Å². The van der Waals surface area contributed by atoms with Gasteiger partial charge in [0, 0.05) is 0 Å². The SMILES string of the molecule is C=C1CCC2(CCNCC2)CC(C(=C)CC(C)(C)CC)=C1C. The van der Waals surface area contributed by atoms with E-state index in [4.69, 9.17) is 0 Å². The van der Waals surface area contributed by atoms with Gasteiger partial charge in [0.25, 0.3) is 0 Å². The number of hydrogen-bond acceptors (Lipinski definition) is 1. The number of piperidine rings is 1. The molecule has 0 atom stereocenters. The summed E-state index contributed by atoms with van der Waals surface area (Å²) < 4.78 is 0. The molecular weight excluding hydrogens is 266 g/mol. The van der Waals surface area contributed by atoms with Gasteiger partial charge in [0.2, 0.25) is 0 Å². The summed E-state index contributed by atoms with van der Waals surface area (Å²) in [6.07, 6.45) is 8.62. The molecule has 0 unspecified atom stereocenters. The van der Waals surface area contributed by atoms with Crippen molar-refractivity contribution in [3.05, 3.63) is 35.5 Å². The molecule has 2 aliphatic rings. The average molecular weight is 302 g/mol. The van der Waals surface area contributed by atoms with E-state index in [-0.39, 0.29) is 0 Å². The van der Waals surface area contributed by atoms with Crippen LogP contribution in [0.15, 0.2) is 35.5 Å². The van der Waals surface area contributed by atoms with Crippen molar-refractivity contribution < 1.29 is 0 Å². The second-order valence-electron chi connectivity index (χ2n) is 8.43. The van der Waals surface area contributed by atoms with Gasteiger partial charge in [0.1, 0.15) is 0 Å². The molecule has 124 valence electrons. The zero-order valence-corrected chi connectivity index (χ0v) is 15.3. The largest absolute Gasteiger partial charge is 0.317 e. The van der Waals surface area contributed by atoms with Crippen LogP contribution < -0.4 is 5.32 Å². The van der Waals surface area contributed by atoms with Crippen molar-refractivity contribution in [1.82, 2.24) is 5.32 Å². The zero-order chi connectivity index (χ0) is 16.4. The first-order valence-electron chi connectivity index (χ1n) is 9.05. The predicted molar refractivity (Wildman–Crippen MR) is 98.1 cm³/mol. The van der Waals surface area contributed by atoms with Crippen LogP contribution in [0.2, 0.25) is 0 Å². The minimum Gasteiger partial charge on any atom is -0.317 e. The van der Waals surface area contributed by atoms with E-state index in [0.29, 0.717) is 10.8 Å². The van der Waals surface area contributed by atoms with Gasteiger partial charge in [0.15, 0.2) is 0 Å². The highest BCUT2D eigenvalue weighted by Crippen LogP contribution is 2.48. The molecule has 0 aromatic carbocycles. The van der Waals surface area contributed by atoms with Crippen molar-refractivity contribution in [2.75, 3.05) is 13.1 Å².